The van der Waals surface area contributed by atoms with Gasteiger partial charge in [-0.3, -0.25) is 0 Å². The standard InChI is InChI=1S/C16H24BrNO/c1-19-11-5-4-6-13(12-18-14-9-10-14)15-7-2-3-8-16(15)17/h2-3,7-8,13-14,18H,4-6,9-12H2,1H3. The molecule has 0 radical (unpaired) electrons. The highest BCUT2D eigenvalue weighted by atomic mass is 79.9. The molecule has 2 rings (SSSR count). The van der Waals surface area contributed by atoms with Crippen LogP contribution < -0.4 is 5.32 Å². The Hall–Kier alpha value is -0.380. The number of ether oxygens (including phenoxy) is 1. The van der Waals surface area contributed by atoms with E-state index >= 15 is 0 Å². The van der Waals surface area contributed by atoms with Crippen LogP contribution in [0.1, 0.15) is 43.6 Å². The van der Waals surface area contributed by atoms with Gasteiger partial charge in [-0.2, -0.15) is 0 Å². The fourth-order valence-electron chi connectivity index (χ4n) is 2.41. The van der Waals surface area contributed by atoms with Crippen LogP contribution in [0.4, 0.5) is 0 Å². The van der Waals surface area contributed by atoms with Gasteiger partial charge in [-0.1, -0.05) is 40.5 Å². The summed E-state index contributed by atoms with van der Waals surface area (Å²) in [6.45, 7) is 1.97. The van der Waals surface area contributed by atoms with Crippen molar-refractivity contribution in [3.8, 4) is 0 Å². The molecule has 0 amide bonds. The molecule has 1 aromatic carbocycles. The van der Waals surface area contributed by atoms with Gasteiger partial charge in [0.2, 0.25) is 0 Å². The van der Waals surface area contributed by atoms with Crippen LogP contribution in [0.2, 0.25) is 0 Å². The van der Waals surface area contributed by atoms with E-state index in [1.807, 2.05) is 0 Å². The van der Waals surface area contributed by atoms with Crippen molar-refractivity contribution in [2.45, 2.75) is 44.1 Å². The van der Waals surface area contributed by atoms with E-state index in [-0.39, 0.29) is 0 Å². The molecule has 1 atom stereocenters. The lowest BCUT2D eigenvalue weighted by Crippen LogP contribution is -2.24. The number of hydrogen-bond acceptors (Lipinski definition) is 2. The topological polar surface area (TPSA) is 21.3 Å². The average molecular weight is 326 g/mol. The molecule has 1 aromatic rings. The van der Waals surface area contributed by atoms with Crippen LogP contribution in [0.3, 0.4) is 0 Å². The summed E-state index contributed by atoms with van der Waals surface area (Å²) in [6.07, 6.45) is 6.32. The third-order valence-corrected chi connectivity index (χ3v) is 4.45. The Kier molecular flexibility index (Phi) is 6.35. The Balaban J connectivity index is 1.90. The van der Waals surface area contributed by atoms with Crippen molar-refractivity contribution in [1.29, 1.82) is 0 Å². The Morgan fingerprint density at radius 1 is 1.32 bits per heavy atom. The lowest BCUT2D eigenvalue weighted by Gasteiger charge is -2.19. The van der Waals surface area contributed by atoms with Crippen LogP contribution in [-0.2, 0) is 4.74 Å². The second-order valence-corrected chi connectivity index (χ2v) is 6.24. The first kappa shape index (κ1) is 15.0. The molecule has 1 N–H and O–H groups in total. The molecule has 0 spiro atoms. The van der Waals surface area contributed by atoms with Crippen molar-refractivity contribution in [3.05, 3.63) is 34.3 Å². The van der Waals surface area contributed by atoms with Crippen molar-refractivity contribution in [3.63, 3.8) is 0 Å². The summed E-state index contributed by atoms with van der Waals surface area (Å²) in [6, 6.07) is 9.40. The second kappa shape index (κ2) is 8.03. The number of rotatable bonds is 9. The highest BCUT2D eigenvalue weighted by Crippen LogP contribution is 2.29. The molecule has 0 aliphatic heterocycles. The maximum Gasteiger partial charge on any atom is 0.0462 e. The average Bonchev–Trinajstić information content (AvgIpc) is 3.23. The number of hydrogen-bond donors (Lipinski definition) is 1. The van der Waals surface area contributed by atoms with Crippen molar-refractivity contribution in [1.82, 2.24) is 5.32 Å². The Bertz CT molecular complexity index is 379. The van der Waals surface area contributed by atoms with Gasteiger partial charge >= 0.3 is 0 Å². The minimum atomic E-state index is 0.605. The van der Waals surface area contributed by atoms with Gasteiger partial charge in [-0.15, -0.1) is 0 Å². The van der Waals surface area contributed by atoms with Crippen molar-refractivity contribution >= 4 is 15.9 Å². The van der Waals surface area contributed by atoms with Gasteiger partial charge in [0.25, 0.3) is 0 Å². The minimum absolute atomic E-state index is 0.605. The Morgan fingerprint density at radius 3 is 2.79 bits per heavy atom. The first-order valence-electron chi connectivity index (χ1n) is 7.28. The normalized spacial score (nSPS) is 16.5. The van der Waals surface area contributed by atoms with E-state index in [4.69, 9.17) is 4.74 Å². The molecular weight excluding hydrogens is 302 g/mol. The lowest BCUT2D eigenvalue weighted by atomic mass is 9.93. The van der Waals surface area contributed by atoms with Crippen LogP contribution >= 0.6 is 15.9 Å². The number of benzene rings is 1. The van der Waals surface area contributed by atoms with E-state index < -0.39 is 0 Å². The zero-order valence-corrected chi connectivity index (χ0v) is 13.3. The highest BCUT2D eigenvalue weighted by molar-refractivity contribution is 9.10. The zero-order valence-electron chi connectivity index (χ0n) is 11.7. The van der Waals surface area contributed by atoms with Gasteiger partial charge in [-0.25, -0.2) is 0 Å². The van der Waals surface area contributed by atoms with E-state index in [0.29, 0.717) is 5.92 Å². The number of nitrogens with one attached hydrogen (secondary N) is 1. The van der Waals surface area contributed by atoms with Crippen molar-refractivity contribution in [2.24, 2.45) is 0 Å². The largest absolute Gasteiger partial charge is 0.385 e. The molecular formula is C16H24BrNO. The first-order valence-corrected chi connectivity index (χ1v) is 8.07. The monoisotopic (exact) mass is 325 g/mol. The maximum atomic E-state index is 5.14. The quantitative estimate of drug-likeness (QED) is 0.690. The van der Waals surface area contributed by atoms with Crippen LogP contribution in [0.5, 0.6) is 0 Å². The molecule has 0 saturated heterocycles. The molecule has 106 valence electrons. The van der Waals surface area contributed by atoms with E-state index in [0.717, 1.165) is 25.6 Å². The zero-order chi connectivity index (χ0) is 13.5. The third kappa shape index (κ3) is 5.25. The van der Waals surface area contributed by atoms with Gasteiger partial charge in [0, 0.05) is 30.8 Å². The number of halogens is 1. The fourth-order valence-corrected chi connectivity index (χ4v) is 3.02. The van der Waals surface area contributed by atoms with Gasteiger partial charge in [0.1, 0.15) is 0 Å². The van der Waals surface area contributed by atoms with Gasteiger partial charge in [0.15, 0.2) is 0 Å². The summed E-state index contributed by atoms with van der Waals surface area (Å²) in [5.74, 6) is 0.605. The first-order chi connectivity index (χ1) is 9.31. The minimum Gasteiger partial charge on any atom is -0.385 e. The summed E-state index contributed by atoms with van der Waals surface area (Å²) in [7, 11) is 1.78. The van der Waals surface area contributed by atoms with Crippen LogP contribution in [0.25, 0.3) is 0 Å². The molecule has 1 aliphatic carbocycles. The van der Waals surface area contributed by atoms with Gasteiger partial charge in [0.05, 0.1) is 0 Å². The number of unbranched alkanes of at least 4 members (excludes halogenated alkanes) is 1. The summed E-state index contributed by atoms with van der Waals surface area (Å²) < 4.78 is 6.38. The summed E-state index contributed by atoms with van der Waals surface area (Å²) in [4.78, 5) is 0. The number of methoxy groups -OCH3 is 1. The maximum absolute atomic E-state index is 5.14. The molecule has 19 heavy (non-hydrogen) atoms. The van der Waals surface area contributed by atoms with Gasteiger partial charge < -0.3 is 10.1 Å². The predicted octanol–water partition coefficient (Wildman–Crippen LogP) is 4.10. The molecule has 1 aliphatic rings. The summed E-state index contributed by atoms with van der Waals surface area (Å²) in [5.41, 5.74) is 1.44. The highest BCUT2D eigenvalue weighted by Gasteiger charge is 2.22. The molecule has 1 fully saturated rings. The van der Waals surface area contributed by atoms with Crippen LogP contribution in [0, 0.1) is 0 Å². The molecule has 0 aromatic heterocycles. The molecule has 3 heteroatoms. The predicted molar refractivity (Wildman–Crippen MR) is 83.6 cm³/mol. The molecule has 0 bridgehead atoms. The Morgan fingerprint density at radius 2 is 2.11 bits per heavy atom. The van der Waals surface area contributed by atoms with Crippen molar-refractivity contribution in [2.75, 3.05) is 20.3 Å². The van der Waals surface area contributed by atoms with E-state index in [9.17, 15) is 0 Å². The summed E-state index contributed by atoms with van der Waals surface area (Å²) in [5, 5.41) is 3.67. The fraction of sp³-hybridized carbons (Fsp3) is 0.625. The summed E-state index contributed by atoms with van der Waals surface area (Å²) >= 11 is 3.69. The Labute approximate surface area is 125 Å². The molecule has 1 saturated carbocycles. The third-order valence-electron chi connectivity index (χ3n) is 3.73. The second-order valence-electron chi connectivity index (χ2n) is 5.39. The lowest BCUT2D eigenvalue weighted by molar-refractivity contribution is 0.191. The van der Waals surface area contributed by atoms with Crippen LogP contribution in [0.15, 0.2) is 28.7 Å². The van der Waals surface area contributed by atoms with Crippen molar-refractivity contribution < 1.29 is 4.74 Å². The molecule has 0 heterocycles. The van der Waals surface area contributed by atoms with Gasteiger partial charge in [-0.05, 0) is 43.2 Å². The molecule has 2 nitrogen and oxygen atoms in total. The van der Waals surface area contributed by atoms with Crippen LogP contribution in [-0.4, -0.2) is 26.3 Å². The van der Waals surface area contributed by atoms with E-state index in [2.05, 4.69) is 45.5 Å². The smallest absolute Gasteiger partial charge is 0.0462 e. The molecule has 1 unspecified atom stereocenters. The SMILES string of the molecule is COCCCCC(CNC1CC1)c1ccccc1Br. The van der Waals surface area contributed by atoms with E-state index in [1.54, 1.807) is 7.11 Å². The van der Waals surface area contributed by atoms with E-state index in [1.165, 1.54) is 35.7 Å².